The summed E-state index contributed by atoms with van der Waals surface area (Å²) in [6.07, 6.45) is 1.06. The molecule has 0 atom stereocenters. The van der Waals surface area contributed by atoms with Gasteiger partial charge in [-0.1, -0.05) is 41.9 Å². The Morgan fingerprint density at radius 1 is 1.03 bits per heavy atom. The standard InChI is InChI=1S/C22H21ClN2O4S/c1-16-7-6-8-18(13-16)25(30(2,27)28)15-22(26)24-20-14-17(23)11-12-21(20)29-19-9-4-3-5-10-19/h3-14H,15H2,1-2H3,(H,24,26). The van der Waals surface area contributed by atoms with Gasteiger partial charge in [0.05, 0.1) is 17.6 Å². The predicted molar refractivity (Wildman–Crippen MR) is 120 cm³/mol. The van der Waals surface area contributed by atoms with Gasteiger partial charge in [0.15, 0.2) is 5.75 Å². The van der Waals surface area contributed by atoms with E-state index in [2.05, 4.69) is 5.32 Å². The van der Waals surface area contributed by atoms with Gasteiger partial charge in [0.1, 0.15) is 12.3 Å². The summed E-state index contributed by atoms with van der Waals surface area (Å²) in [5.41, 5.74) is 1.64. The third kappa shape index (κ3) is 5.75. The van der Waals surface area contributed by atoms with E-state index in [-0.39, 0.29) is 6.54 Å². The third-order valence-electron chi connectivity index (χ3n) is 4.16. The third-order valence-corrected chi connectivity index (χ3v) is 5.54. The Balaban J connectivity index is 1.83. The topological polar surface area (TPSA) is 75.7 Å². The van der Waals surface area contributed by atoms with Gasteiger partial charge in [0.2, 0.25) is 15.9 Å². The Morgan fingerprint density at radius 3 is 2.43 bits per heavy atom. The minimum absolute atomic E-state index is 0.342. The molecule has 8 heteroatoms. The molecule has 0 bridgehead atoms. The molecule has 0 spiro atoms. The molecule has 0 fully saturated rings. The molecule has 0 saturated carbocycles. The summed E-state index contributed by atoms with van der Waals surface area (Å²) >= 11 is 6.08. The molecule has 0 aliphatic carbocycles. The number of carbonyl (C=O) groups excluding carboxylic acids is 1. The summed E-state index contributed by atoms with van der Waals surface area (Å²) in [4.78, 5) is 12.7. The lowest BCUT2D eigenvalue weighted by molar-refractivity contribution is -0.114. The Bertz CT molecular complexity index is 1150. The van der Waals surface area contributed by atoms with E-state index >= 15 is 0 Å². The van der Waals surface area contributed by atoms with E-state index in [0.717, 1.165) is 16.1 Å². The maximum absolute atomic E-state index is 12.7. The van der Waals surface area contributed by atoms with Gasteiger partial charge >= 0.3 is 0 Å². The second kappa shape index (κ2) is 9.19. The maximum Gasteiger partial charge on any atom is 0.245 e. The minimum Gasteiger partial charge on any atom is -0.455 e. The minimum atomic E-state index is -3.67. The maximum atomic E-state index is 12.7. The molecular weight excluding hydrogens is 424 g/mol. The summed E-state index contributed by atoms with van der Waals surface area (Å²) in [5, 5.41) is 3.11. The number of rotatable bonds is 7. The fourth-order valence-electron chi connectivity index (χ4n) is 2.81. The number of halogens is 1. The molecule has 30 heavy (non-hydrogen) atoms. The molecule has 1 amide bonds. The highest BCUT2D eigenvalue weighted by Gasteiger charge is 2.22. The number of benzene rings is 3. The van der Waals surface area contributed by atoms with Crippen molar-refractivity contribution in [1.82, 2.24) is 0 Å². The fraction of sp³-hybridized carbons (Fsp3) is 0.136. The Hall–Kier alpha value is -3.03. The van der Waals surface area contributed by atoms with Crippen molar-refractivity contribution in [2.24, 2.45) is 0 Å². The summed E-state index contributed by atoms with van der Waals surface area (Å²) in [6.45, 7) is 1.46. The van der Waals surface area contributed by atoms with Crippen LogP contribution in [0.25, 0.3) is 0 Å². The van der Waals surface area contributed by atoms with Gasteiger partial charge in [-0.15, -0.1) is 0 Å². The van der Waals surface area contributed by atoms with E-state index in [0.29, 0.717) is 27.9 Å². The number of ether oxygens (including phenoxy) is 1. The number of para-hydroxylation sites is 1. The van der Waals surface area contributed by atoms with Gasteiger partial charge in [-0.2, -0.15) is 0 Å². The number of sulfonamides is 1. The van der Waals surface area contributed by atoms with E-state index in [9.17, 15) is 13.2 Å². The quantitative estimate of drug-likeness (QED) is 0.565. The number of nitrogens with zero attached hydrogens (tertiary/aromatic N) is 1. The van der Waals surface area contributed by atoms with Crippen LogP contribution in [0.3, 0.4) is 0 Å². The second-order valence-electron chi connectivity index (χ2n) is 6.71. The van der Waals surface area contributed by atoms with Gasteiger partial charge in [0, 0.05) is 5.02 Å². The van der Waals surface area contributed by atoms with Crippen LogP contribution >= 0.6 is 11.6 Å². The molecule has 3 aromatic carbocycles. The lowest BCUT2D eigenvalue weighted by Gasteiger charge is -2.22. The van der Waals surface area contributed by atoms with Crippen molar-refractivity contribution < 1.29 is 17.9 Å². The molecule has 0 radical (unpaired) electrons. The molecule has 6 nitrogen and oxygen atoms in total. The van der Waals surface area contributed by atoms with Crippen LogP contribution in [0.5, 0.6) is 11.5 Å². The van der Waals surface area contributed by atoms with Crippen LogP contribution in [0.1, 0.15) is 5.56 Å². The van der Waals surface area contributed by atoms with E-state index in [1.54, 1.807) is 48.5 Å². The van der Waals surface area contributed by atoms with Crippen molar-refractivity contribution in [1.29, 1.82) is 0 Å². The first kappa shape index (κ1) is 21.7. The zero-order chi connectivity index (χ0) is 21.7. The van der Waals surface area contributed by atoms with Crippen LogP contribution in [0.15, 0.2) is 72.8 Å². The first-order chi connectivity index (χ1) is 14.2. The van der Waals surface area contributed by atoms with Crippen LogP contribution < -0.4 is 14.4 Å². The molecule has 0 aliphatic rings. The van der Waals surface area contributed by atoms with Gasteiger partial charge in [-0.05, 0) is 55.0 Å². The first-order valence-electron chi connectivity index (χ1n) is 9.09. The number of carbonyl (C=O) groups is 1. The van der Waals surface area contributed by atoms with Crippen LogP contribution in [0, 0.1) is 6.92 Å². The zero-order valence-corrected chi connectivity index (χ0v) is 18.1. The number of hydrogen-bond donors (Lipinski definition) is 1. The molecule has 0 aliphatic heterocycles. The van der Waals surface area contributed by atoms with Crippen molar-refractivity contribution in [3.8, 4) is 11.5 Å². The van der Waals surface area contributed by atoms with Crippen molar-refractivity contribution in [2.75, 3.05) is 22.4 Å². The van der Waals surface area contributed by atoms with Crippen LogP contribution in [-0.2, 0) is 14.8 Å². The molecule has 0 aromatic heterocycles. The normalized spacial score (nSPS) is 11.0. The van der Waals surface area contributed by atoms with Crippen LogP contribution in [-0.4, -0.2) is 27.1 Å². The van der Waals surface area contributed by atoms with Crippen molar-refractivity contribution in [3.63, 3.8) is 0 Å². The van der Waals surface area contributed by atoms with Crippen molar-refractivity contribution >= 4 is 38.9 Å². The van der Waals surface area contributed by atoms with E-state index in [1.807, 2.05) is 31.2 Å². The van der Waals surface area contributed by atoms with E-state index in [1.165, 1.54) is 0 Å². The lowest BCUT2D eigenvalue weighted by atomic mass is 10.2. The smallest absolute Gasteiger partial charge is 0.245 e. The predicted octanol–water partition coefficient (Wildman–Crippen LogP) is 4.85. The van der Waals surface area contributed by atoms with Crippen molar-refractivity contribution in [3.05, 3.63) is 83.4 Å². The summed E-state index contributed by atoms with van der Waals surface area (Å²) < 4.78 is 31.5. The van der Waals surface area contributed by atoms with E-state index in [4.69, 9.17) is 16.3 Å². The number of amides is 1. The number of hydrogen-bond acceptors (Lipinski definition) is 4. The monoisotopic (exact) mass is 444 g/mol. The van der Waals surface area contributed by atoms with Crippen molar-refractivity contribution in [2.45, 2.75) is 6.92 Å². The molecule has 0 unspecified atom stereocenters. The van der Waals surface area contributed by atoms with Gasteiger partial charge in [-0.25, -0.2) is 8.42 Å². The van der Waals surface area contributed by atoms with Crippen LogP contribution in [0.2, 0.25) is 5.02 Å². The van der Waals surface area contributed by atoms with Gasteiger partial charge in [-0.3, -0.25) is 9.10 Å². The summed E-state index contributed by atoms with van der Waals surface area (Å²) in [6, 6.07) is 20.9. The largest absolute Gasteiger partial charge is 0.455 e. The zero-order valence-electron chi connectivity index (χ0n) is 16.5. The molecule has 3 rings (SSSR count). The van der Waals surface area contributed by atoms with Gasteiger partial charge in [0.25, 0.3) is 0 Å². The average Bonchev–Trinajstić information content (AvgIpc) is 2.68. The Labute approximate surface area is 181 Å². The summed E-state index contributed by atoms with van der Waals surface area (Å²) in [5.74, 6) is 0.454. The highest BCUT2D eigenvalue weighted by molar-refractivity contribution is 7.92. The average molecular weight is 445 g/mol. The summed E-state index contributed by atoms with van der Waals surface area (Å²) in [7, 11) is -3.67. The number of anilines is 2. The molecule has 3 aromatic rings. The molecule has 0 saturated heterocycles. The number of aryl methyl sites for hydroxylation is 1. The van der Waals surface area contributed by atoms with E-state index < -0.39 is 15.9 Å². The molecule has 156 valence electrons. The highest BCUT2D eigenvalue weighted by Crippen LogP contribution is 2.32. The highest BCUT2D eigenvalue weighted by atomic mass is 35.5. The second-order valence-corrected chi connectivity index (χ2v) is 9.06. The van der Waals surface area contributed by atoms with Gasteiger partial charge < -0.3 is 10.1 Å². The lowest BCUT2D eigenvalue weighted by Crippen LogP contribution is -2.37. The molecule has 0 heterocycles. The number of nitrogens with one attached hydrogen (secondary N) is 1. The molecule has 1 N–H and O–H groups in total. The SMILES string of the molecule is Cc1cccc(N(CC(=O)Nc2cc(Cl)ccc2Oc2ccccc2)S(C)(=O)=O)c1. The van der Waals surface area contributed by atoms with Crippen LogP contribution in [0.4, 0.5) is 11.4 Å². The molecular formula is C22H21ClN2O4S. The first-order valence-corrected chi connectivity index (χ1v) is 11.3. The fourth-order valence-corrected chi connectivity index (χ4v) is 3.83. The Morgan fingerprint density at radius 2 is 1.77 bits per heavy atom. The Kier molecular flexibility index (Phi) is 6.64.